The molecule has 3 N–H and O–H groups in total. The fourth-order valence-corrected chi connectivity index (χ4v) is 3.98. The van der Waals surface area contributed by atoms with Crippen LogP contribution in [0.15, 0.2) is 59.8 Å². The molecule has 7 nitrogen and oxygen atoms in total. The Kier molecular flexibility index (Phi) is 5.76. The van der Waals surface area contributed by atoms with Crippen LogP contribution in [-0.4, -0.2) is 59.1 Å². The van der Waals surface area contributed by atoms with Gasteiger partial charge in [0.2, 0.25) is 5.91 Å². The molecule has 3 aromatic rings. The second-order valence-electron chi connectivity index (χ2n) is 7.03. The molecule has 2 amide bonds. The van der Waals surface area contributed by atoms with Gasteiger partial charge in [0.25, 0.3) is 5.91 Å². The average Bonchev–Trinajstić information content (AvgIpc) is 3.24. The van der Waals surface area contributed by atoms with Crippen LogP contribution in [0.5, 0.6) is 0 Å². The first kappa shape index (κ1) is 20.0. The summed E-state index contributed by atoms with van der Waals surface area (Å²) in [5.41, 5.74) is 8.94. The number of nitrogens with one attached hydrogen (secondary N) is 1. The molecule has 0 spiro atoms. The van der Waals surface area contributed by atoms with Crippen molar-refractivity contribution < 1.29 is 9.59 Å². The van der Waals surface area contributed by atoms with E-state index in [-0.39, 0.29) is 5.91 Å². The van der Waals surface area contributed by atoms with E-state index in [1.54, 1.807) is 12.1 Å². The number of piperazine rings is 1. The molecule has 2 heterocycles. The number of rotatable bonds is 5. The van der Waals surface area contributed by atoms with Crippen molar-refractivity contribution in [2.24, 2.45) is 5.73 Å². The highest BCUT2D eigenvalue weighted by Crippen LogP contribution is 2.26. The Labute approximate surface area is 179 Å². The van der Waals surface area contributed by atoms with Crippen LogP contribution in [0.25, 0.3) is 11.3 Å². The van der Waals surface area contributed by atoms with Crippen molar-refractivity contribution in [1.29, 1.82) is 0 Å². The Bertz CT molecular complexity index is 1060. The predicted octanol–water partition coefficient (Wildman–Crippen LogP) is 2.86. The molecule has 0 unspecified atom stereocenters. The zero-order valence-corrected chi connectivity index (χ0v) is 17.5. The lowest BCUT2D eigenvalue weighted by Gasteiger charge is -2.36. The van der Waals surface area contributed by atoms with Crippen LogP contribution in [-0.2, 0) is 0 Å². The van der Waals surface area contributed by atoms with Crippen LogP contribution >= 0.6 is 11.8 Å². The number of primary amides is 1. The van der Waals surface area contributed by atoms with E-state index in [0.29, 0.717) is 43.1 Å². The highest BCUT2D eigenvalue weighted by atomic mass is 32.2. The maximum Gasteiger partial charge on any atom is 0.272 e. The molecule has 0 atom stereocenters. The number of H-pyrrole nitrogens is 1. The third-order valence-corrected chi connectivity index (χ3v) is 5.78. The van der Waals surface area contributed by atoms with Gasteiger partial charge >= 0.3 is 0 Å². The topological polar surface area (TPSA) is 95.3 Å². The van der Waals surface area contributed by atoms with Crippen LogP contribution in [0.1, 0.15) is 20.8 Å². The normalized spacial score (nSPS) is 14.0. The van der Waals surface area contributed by atoms with Crippen LogP contribution < -0.4 is 10.6 Å². The lowest BCUT2D eigenvalue weighted by Crippen LogP contribution is -2.49. The van der Waals surface area contributed by atoms with Crippen molar-refractivity contribution >= 4 is 29.3 Å². The Balaban J connectivity index is 1.51. The summed E-state index contributed by atoms with van der Waals surface area (Å²) in [7, 11) is 0. The molecule has 1 aromatic heterocycles. The second-order valence-corrected chi connectivity index (χ2v) is 7.82. The maximum atomic E-state index is 13.3. The third-order valence-electron chi connectivity index (χ3n) is 5.20. The summed E-state index contributed by atoms with van der Waals surface area (Å²) in [6.45, 7) is 2.53. The number of nitrogens with two attached hydrogens (primary N) is 1. The first-order chi connectivity index (χ1) is 14.6. The van der Waals surface area contributed by atoms with Crippen molar-refractivity contribution in [2.45, 2.75) is 5.16 Å². The van der Waals surface area contributed by atoms with Crippen LogP contribution in [0, 0.1) is 0 Å². The number of anilines is 1. The van der Waals surface area contributed by atoms with E-state index in [1.807, 2.05) is 53.6 Å². The number of amides is 2. The molecule has 154 valence electrons. The number of benzene rings is 2. The number of hydrogen-bond donors (Lipinski definition) is 2. The van der Waals surface area contributed by atoms with E-state index >= 15 is 0 Å². The van der Waals surface area contributed by atoms with Crippen LogP contribution in [0.4, 0.5) is 5.69 Å². The highest BCUT2D eigenvalue weighted by Gasteiger charge is 2.27. The zero-order valence-electron chi connectivity index (χ0n) is 16.7. The van der Waals surface area contributed by atoms with Crippen molar-refractivity contribution in [3.8, 4) is 11.3 Å². The number of carbonyl (C=O) groups is 2. The lowest BCUT2D eigenvalue weighted by molar-refractivity contribution is 0.0741. The molecule has 1 fully saturated rings. The number of imidazole rings is 1. The summed E-state index contributed by atoms with van der Waals surface area (Å²) in [6, 6.07) is 17.0. The maximum absolute atomic E-state index is 13.3. The number of aromatic nitrogens is 2. The zero-order chi connectivity index (χ0) is 21.1. The number of carbonyl (C=O) groups excluding carboxylic acids is 2. The molecule has 30 heavy (non-hydrogen) atoms. The van der Waals surface area contributed by atoms with Crippen molar-refractivity contribution in [1.82, 2.24) is 14.9 Å². The smallest absolute Gasteiger partial charge is 0.272 e. The molecule has 0 saturated carbocycles. The van der Waals surface area contributed by atoms with Gasteiger partial charge in [0.15, 0.2) is 5.16 Å². The Morgan fingerprint density at radius 2 is 1.77 bits per heavy atom. The average molecular weight is 422 g/mol. The molecule has 0 bridgehead atoms. The minimum absolute atomic E-state index is 0.0489. The van der Waals surface area contributed by atoms with Gasteiger partial charge < -0.3 is 20.5 Å². The molecule has 0 radical (unpaired) electrons. The van der Waals surface area contributed by atoms with Crippen molar-refractivity contribution in [3.63, 3.8) is 0 Å². The number of nitrogens with zero attached hydrogens (tertiary/aromatic N) is 3. The van der Waals surface area contributed by atoms with Gasteiger partial charge in [-0.3, -0.25) is 9.59 Å². The lowest BCUT2D eigenvalue weighted by atomic mass is 10.1. The molecule has 1 aliphatic rings. The van der Waals surface area contributed by atoms with E-state index in [2.05, 4.69) is 14.9 Å². The van der Waals surface area contributed by atoms with E-state index in [0.717, 1.165) is 16.4 Å². The van der Waals surface area contributed by atoms with E-state index in [4.69, 9.17) is 5.73 Å². The van der Waals surface area contributed by atoms with Gasteiger partial charge in [-0.05, 0) is 24.5 Å². The van der Waals surface area contributed by atoms with Gasteiger partial charge in [-0.1, -0.05) is 48.2 Å². The quantitative estimate of drug-likeness (QED) is 0.618. The monoisotopic (exact) mass is 421 g/mol. The summed E-state index contributed by atoms with van der Waals surface area (Å²) in [5.74, 6) is -0.491. The Morgan fingerprint density at radius 1 is 1.03 bits per heavy atom. The van der Waals surface area contributed by atoms with E-state index in [1.165, 1.54) is 11.8 Å². The minimum atomic E-state index is -0.442. The van der Waals surface area contributed by atoms with Gasteiger partial charge in [-0.2, -0.15) is 0 Å². The van der Waals surface area contributed by atoms with Crippen molar-refractivity contribution in [3.05, 3.63) is 65.9 Å². The minimum Gasteiger partial charge on any atom is -0.368 e. The first-order valence-corrected chi connectivity index (χ1v) is 10.9. The molecule has 0 aliphatic carbocycles. The molecule has 1 aliphatic heterocycles. The fourth-order valence-electron chi connectivity index (χ4n) is 3.59. The summed E-state index contributed by atoms with van der Waals surface area (Å²) < 4.78 is 0. The van der Waals surface area contributed by atoms with E-state index in [9.17, 15) is 9.59 Å². The number of aromatic amines is 1. The van der Waals surface area contributed by atoms with Crippen LogP contribution in [0.3, 0.4) is 0 Å². The number of hydrogen-bond acceptors (Lipinski definition) is 5. The largest absolute Gasteiger partial charge is 0.368 e. The van der Waals surface area contributed by atoms with Crippen molar-refractivity contribution in [2.75, 3.05) is 37.3 Å². The number of thioether (sulfide) groups is 1. The highest BCUT2D eigenvalue weighted by molar-refractivity contribution is 7.98. The van der Waals surface area contributed by atoms with E-state index < -0.39 is 5.91 Å². The first-order valence-electron chi connectivity index (χ1n) is 9.70. The Hall–Kier alpha value is -3.26. The summed E-state index contributed by atoms with van der Waals surface area (Å²) >= 11 is 1.48. The van der Waals surface area contributed by atoms with Gasteiger partial charge in [0.1, 0.15) is 11.4 Å². The summed E-state index contributed by atoms with van der Waals surface area (Å²) in [6.07, 6.45) is 1.93. The summed E-state index contributed by atoms with van der Waals surface area (Å²) in [4.78, 5) is 36.5. The van der Waals surface area contributed by atoms with Gasteiger partial charge in [-0.25, -0.2) is 4.98 Å². The summed E-state index contributed by atoms with van der Waals surface area (Å²) in [5, 5.41) is 0.721. The Morgan fingerprint density at radius 3 is 2.43 bits per heavy atom. The molecule has 1 saturated heterocycles. The third kappa shape index (κ3) is 4.04. The molecule has 8 heteroatoms. The SMILES string of the molecule is CSc1nc(-c2ccccc2)c(C(=O)N2CCN(c3cccc(C(N)=O)c3)CC2)[nH]1. The van der Waals surface area contributed by atoms with Crippen LogP contribution in [0.2, 0.25) is 0 Å². The molecular formula is C22H23N5O2S. The fraction of sp³-hybridized carbons (Fsp3) is 0.227. The second kappa shape index (κ2) is 8.62. The van der Waals surface area contributed by atoms with Gasteiger partial charge in [0.05, 0.1) is 0 Å². The molecule has 4 rings (SSSR count). The molecule has 2 aromatic carbocycles. The molecular weight excluding hydrogens is 398 g/mol. The standard InChI is InChI=1S/C22H23N5O2S/c1-30-22-24-18(15-6-3-2-4-7-15)19(25-22)21(29)27-12-10-26(11-13-27)17-9-5-8-16(14-17)20(23)28/h2-9,14H,10-13H2,1H3,(H2,23,28)(H,24,25). The predicted molar refractivity (Wildman–Crippen MR) is 119 cm³/mol. The van der Waals surface area contributed by atoms with Gasteiger partial charge in [-0.15, -0.1) is 0 Å². The van der Waals surface area contributed by atoms with Gasteiger partial charge in [0, 0.05) is 43.0 Å².